The van der Waals surface area contributed by atoms with Gasteiger partial charge in [0, 0.05) is 28.9 Å². The fraction of sp³-hybridized carbons (Fsp3) is 0.286. The summed E-state index contributed by atoms with van der Waals surface area (Å²) in [5.74, 6) is -0.129. The molecule has 1 aromatic carbocycles. The number of halogens is 1. The van der Waals surface area contributed by atoms with Gasteiger partial charge in [-0.2, -0.15) is 0 Å². The summed E-state index contributed by atoms with van der Waals surface area (Å²) in [5.41, 5.74) is 2.85. The van der Waals surface area contributed by atoms with Gasteiger partial charge in [0.25, 0.3) is 5.91 Å². The molecule has 0 saturated heterocycles. The van der Waals surface area contributed by atoms with Gasteiger partial charge in [-0.25, -0.2) is 4.98 Å². The maximum absolute atomic E-state index is 12.3. The van der Waals surface area contributed by atoms with Crippen LogP contribution in [0.1, 0.15) is 26.5 Å². The molecule has 0 spiro atoms. The van der Waals surface area contributed by atoms with Crippen molar-refractivity contribution in [3.8, 4) is 0 Å². The van der Waals surface area contributed by atoms with Gasteiger partial charge >= 0.3 is 0 Å². The van der Waals surface area contributed by atoms with Crippen LogP contribution in [0.15, 0.2) is 22.7 Å². The predicted octanol–water partition coefficient (Wildman–Crippen LogP) is 3.11. The van der Waals surface area contributed by atoms with Crippen molar-refractivity contribution in [3.63, 3.8) is 0 Å². The lowest BCUT2D eigenvalue weighted by Crippen LogP contribution is -2.22. The van der Waals surface area contributed by atoms with Crippen LogP contribution in [0.4, 0.5) is 5.13 Å². The van der Waals surface area contributed by atoms with Crippen molar-refractivity contribution >= 4 is 38.3 Å². The predicted molar refractivity (Wildman–Crippen MR) is 84.4 cm³/mol. The molecule has 2 aromatic rings. The Hall–Kier alpha value is -1.24. The Kier molecular flexibility index (Phi) is 3.87. The highest BCUT2D eigenvalue weighted by Crippen LogP contribution is 2.26. The summed E-state index contributed by atoms with van der Waals surface area (Å²) in [6.07, 6.45) is 0.927. The van der Waals surface area contributed by atoms with Crippen molar-refractivity contribution in [2.24, 2.45) is 0 Å². The molecular formula is C14H14BrN3OS. The van der Waals surface area contributed by atoms with Gasteiger partial charge in [-0.15, -0.1) is 11.3 Å². The molecule has 2 heterocycles. The average molecular weight is 352 g/mol. The van der Waals surface area contributed by atoms with Crippen molar-refractivity contribution in [2.45, 2.75) is 19.9 Å². The van der Waals surface area contributed by atoms with E-state index in [1.165, 1.54) is 4.88 Å². The van der Waals surface area contributed by atoms with Gasteiger partial charge in [-0.05, 0) is 40.5 Å². The molecule has 0 bridgehead atoms. The van der Waals surface area contributed by atoms with Crippen molar-refractivity contribution in [1.29, 1.82) is 0 Å². The van der Waals surface area contributed by atoms with E-state index in [0.29, 0.717) is 10.7 Å². The minimum Gasteiger partial charge on any atom is -0.311 e. The van der Waals surface area contributed by atoms with Crippen LogP contribution in [0.2, 0.25) is 0 Å². The lowest BCUT2D eigenvalue weighted by molar-refractivity contribution is 0.102. The van der Waals surface area contributed by atoms with E-state index in [2.05, 4.69) is 31.5 Å². The Labute approximate surface area is 129 Å². The number of fused-ring (bicyclic) bond motifs is 1. The van der Waals surface area contributed by atoms with Gasteiger partial charge < -0.3 is 5.32 Å². The van der Waals surface area contributed by atoms with Crippen LogP contribution < -0.4 is 10.6 Å². The van der Waals surface area contributed by atoms with E-state index in [1.54, 1.807) is 11.3 Å². The van der Waals surface area contributed by atoms with Gasteiger partial charge in [-0.1, -0.05) is 6.07 Å². The topological polar surface area (TPSA) is 54.0 Å². The second kappa shape index (κ2) is 5.63. The zero-order chi connectivity index (χ0) is 14.1. The number of thiazole rings is 1. The van der Waals surface area contributed by atoms with E-state index in [9.17, 15) is 4.79 Å². The molecule has 0 radical (unpaired) electrons. The summed E-state index contributed by atoms with van der Waals surface area (Å²) in [4.78, 5) is 18.0. The van der Waals surface area contributed by atoms with Gasteiger partial charge in [-0.3, -0.25) is 10.1 Å². The Balaban J connectivity index is 1.80. The van der Waals surface area contributed by atoms with Crippen molar-refractivity contribution < 1.29 is 4.79 Å². The molecule has 104 valence electrons. The van der Waals surface area contributed by atoms with Crippen molar-refractivity contribution in [3.05, 3.63) is 44.4 Å². The maximum Gasteiger partial charge on any atom is 0.258 e. The lowest BCUT2D eigenvalue weighted by Gasteiger charge is -2.09. The largest absolute Gasteiger partial charge is 0.311 e. The van der Waals surface area contributed by atoms with Gasteiger partial charge in [0.05, 0.1) is 11.3 Å². The van der Waals surface area contributed by atoms with Crippen molar-refractivity contribution in [2.75, 3.05) is 11.9 Å². The lowest BCUT2D eigenvalue weighted by atomic mass is 10.1. The highest BCUT2D eigenvalue weighted by atomic mass is 79.9. The molecule has 2 N–H and O–H groups in total. The third kappa shape index (κ3) is 2.77. The number of carbonyl (C=O) groups excluding carboxylic acids is 1. The first kappa shape index (κ1) is 13.7. The molecule has 0 saturated carbocycles. The first-order chi connectivity index (χ1) is 9.63. The number of benzene rings is 1. The number of amides is 1. The van der Waals surface area contributed by atoms with Crippen LogP contribution in [0.25, 0.3) is 0 Å². The van der Waals surface area contributed by atoms with Crippen LogP contribution in [0, 0.1) is 6.92 Å². The van der Waals surface area contributed by atoms with Crippen LogP contribution >= 0.6 is 27.3 Å². The smallest absolute Gasteiger partial charge is 0.258 e. The van der Waals surface area contributed by atoms with Gasteiger partial charge in [0.2, 0.25) is 0 Å². The molecule has 0 fully saturated rings. The summed E-state index contributed by atoms with van der Waals surface area (Å²) in [6, 6.07) is 5.69. The summed E-state index contributed by atoms with van der Waals surface area (Å²) in [5, 5.41) is 6.87. The number of hydrogen-bond donors (Lipinski definition) is 2. The molecule has 6 heteroatoms. The molecule has 0 atom stereocenters. The SMILES string of the molecule is Cc1ccc(C(=O)Nc2nc3c(s2)CNCC3)c(Br)c1. The van der Waals surface area contributed by atoms with Crippen LogP contribution in [-0.2, 0) is 13.0 Å². The number of hydrogen-bond acceptors (Lipinski definition) is 4. The van der Waals surface area contributed by atoms with Crippen LogP contribution in [-0.4, -0.2) is 17.4 Å². The summed E-state index contributed by atoms with van der Waals surface area (Å²) in [6.45, 7) is 3.79. The molecule has 1 amide bonds. The second-order valence-corrected chi connectivity index (χ2v) is 6.69. The second-order valence-electron chi connectivity index (χ2n) is 4.75. The Morgan fingerprint density at radius 2 is 2.35 bits per heavy atom. The monoisotopic (exact) mass is 351 g/mol. The zero-order valence-corrected chi connectivity index (χ0v) is 13.4. The summed E-state index contributed by atoms with van der Waals surface area (Å²) in [7, 11) is 0. The number of rotatable bonds is 2. The zero-order valence-electron chi connectivity index (χ0n) is 11.0. The first-order valence-electron chi connectivity index (χ1n) is 6.40. The average Bonchev–Trinajstić information content (AvgIpc) is 2.80. The third-order valence-corrected chi connectivity index (χ3v) is 4.86. The highest BCUT2D eigenvalue weighted by Gasteiger charge is 2.17. The minimum absolute atomic E-state index is 0.129. The standard InChI is InChI=1S/C14H14BrN3OS/c1-8-2-3-9(10(15)6-8)13(19)18-14-17-11-4-5-16-7-12(11)20-14/h2-3,6,16H,4-5,7H2,1H3,(H,17,18,19). The first-order valence-corrected chi connectivity index (χ1v) is 8.01. The van der Waals surface area contributed by atoms with E-state index >= 15 is 0 Å². The minimum atomic E-state index is -0.129. The number of nitrogens with zero attached hydrogens (tertiary/aromatic N) is 1. The van der Waals surface area contributed by atoms with E-state index in [0.717, 1.165) is 35.2 Å². The third-order valence-electron chi connectivity index (χ3n) is 3.19. The van der Waals surface area contributed by atoms with E-state index in [1.807, 2.05) is 25.1 Å². The molecule has 1 aliphatic rings. The molecule has 3 rings (SSSR count). The fourth-order valence-corrected chi connectivity index (χ4v) is 3.79. The van der Waals surface area contributed by atoms with Gasteiger partial charge in [0.15, 0.2) is 5.13 Å². The molecule has 0 unspecified atom stereocenters. The maximum atomic E-state index is 12.3. The quantitative estimate of drug-likeness (QED) is 0.873. The fourth-order valence-electron chi connectivity index (χ4n) is 2.15. The van der Waals surface area contributed by atoms with Gasteiger partial charge in [0.1, 0.15) is 0 Å². The molecule has 1 aliphatic heterocycles. The number of carbonyl (C=O) groups is 1. The number of nitrogens with one attached hydrogen (secondary N) is 2. The summed E-state index contributed by atoms with van der Waals surface area (Å²) < 4.78 is 0.804. The Morgan fingerprint density at radius 3 is 3.10 bits per heavy atom. The summed E-state index contributed by atoms with van der Waals surface area (Å²) >= 11 is 4.98. The number of aryl methyl sites for hydroxylation is 1. The van der Waals surface area contributed by atoms with E-state index < -0.39 is 0 Å². The number of anilines is 1. The highest BCUT2D eigenvalue weighted by molar-refractivity contribution is 9.10. The molecule has 4 nitrogen and oxygen atoms in total. The Morgan fingerprint density at radius 1 is 1.50 bits per heavy atom. The van der Waals surface area contributed by atoms with Crippen LogP contribution in [0.3, 0.4) is 0 Å². The normalized spacial score (nSPS) is 13.9. The van der Waals surface area contributed by atoms with E-state index in [4.69, 9.17) is 0 Å². The van der Waals surface area contributed by atoms with Crippen molar-refractivity contribution in [1.82, 2.24) is 10.3 Å². The number of aromatic nitrogens is 1. The molecule has 0 aliphatic carbocycles. The van der Waals surface area contributed by atoms with E-state index in [-0.39, 0.29) is 5.91 Å². The Bertz CT molecular complexity index is 645. The van der Waals surface area contributed by atoms with Crippen LogP contribution in [0.5, 0.6) is 0 Å². The molecule has 1 aromatic heterocycles. The molecule has 20 heavy (non-hydrogen) atoms. The molecular weight excluding hydrogens is 338 g/mol.